The summed E-state index contributed by atoms with van der Waals surface area (Å²) in [7, 11) is 1.29. The Balaban J connectivity index is 2.06. The van der Waals surface area contributed by atoms with Gasteiger partial charge in [-0.05, 0) is 31.0 Å². The highest BCUT2D eigenvalue weighted by Crippen LogP contribution is 2.30. The lowest BCUT2D eigenvalue weighted by molar-refractivity contribution is -0.145. The van der Waals surface area contributed by atoms with Crippen molar-refractivity contribution in [3.05, 3.63) is 29.6 Å². The molecule has 1 aromatic carbocycles. The number of ketones is 1. The maximum absolute atomic E-state index is 13.5. The average molecular weight is 305 g/mol. The van der Waals surface area contributed by atoms with Gasteiger partial charge in [0.15, 0.2) is 17.3 Å². The van der Waals surface area contributed by atoms with Crippen LogP contribution in [0.5, 0.6) is 5.75 Å². The summed E-state index contributed by atoms with van der Waals surface area (Å²) in [5, 5.41) is 0. The smallest absolute Gasteiger partial charge is 0.401 e. The van der Waals surface area contributed by atoms with Crippen molar-refractivity contribution in [1.29, 1.82) is 0 Å². The van der Waals surface area contributed by atoms with Gasteiger partial charge in [-0.15, -0.1) is 0 Å². The van der Waals surface area contributed by atoms with E-state index in [0.717, 1.165) is 11.0 Å². The molecule has 21 heavy (non-hydrogen) atoms. The second kappa shape index (κ2) is 6.01. The van der Waals surface area contributed by atoms with Crippen LogP contribution < -0.4 is 4.74 Å². The maximum atomic E-state index is 13.5. The van der Waals surface area contributed by atoms with Crippen molar-refractivity contribution in [3.63, 3.8) is 0 Å². The van der Waals surface area contributed by atoms with Crippen molar-refractivity contribution in [1.82, 2.24) is 4.90 Å². The molecule has 116 valence electrons. The van der Waals surface area contributed by atoms with Gasteiger partial charge in [0, 0.05) is 11.6 Å². The minimum absolute atomic E-state index is 0.0131. The number of methoxy groups -OCH3 is 1. The molecule has 0 N–H and O–H groups in total. The van der Waals surface area contributed by atoms with Crippen LogP contribution in [0.25, 0.3) is 0 Å². The van der Waals surface area contributed by atoms with Gasteiger partial charge >= 0.3 is 6.18 Å². The first kappa shape index (κ1) is 15.8. The molecule has 1 aliphatic rings. The number of halogens is 4. The van der Waals surface area contributed by atoms with Crippen LogP contribution in [0.3, 0.4) is 0 Å². The number of ether oxygens (including phenoxy) is 1. The van der Waals surface area contributed by atoms with Crippen LogP contribution >= 0.6 is 0 Å². The van der Waals surface area contributed by atoms with E-state index in [9.17, 15) is 22.4 Å². The van der Waals surface area contributed by atoms with E-state index >= 15 is 0 Å². The zero-order chi connectivity index (χ0) is 15.6. The van der Waals surface area contributed by atoms with Gasteiger partial charge in [-0.1, -0.05) is 0 Å². The lowest BCUT2D eigenvalue weighted by Gasteiger charge is -2.22. The molecule has 0 spiro atoms. The number of carbonyl (C=O) groups is 1. The van der Waals surface area contributed by atoms with Gasteiger partial charge in [-0.3, -0.25) is 9.69 Å². The van der Waals surface area contributed by atoms with Crippen molar-refractivity contribution in [3.8, 4) is 5.75 Å². The molecule has 0 atom stereocenters. The third-order valence-electron chi connectivity index (χ3n) is 3.27. The number of benzene rings is 1. The van der Waals surface area contributed by atoms with E-state index in [1.807, 2.05) is 0 Å². The largest absolute Gasteiger partial charge is 0.494 e. The average Bonchev–Trinajstić information content (AvgIpc) is 3.20. The fourth-order valence-corrected chi connectivity index (χ4v) is 2.10. The molecule has 0 aromatic heterocycles. The normalized spacial score (nSPS) is 15.3. The summed E-state index contributed by atoms with van der Waals surface area (Å²) in [5.41, 5.74) is 0.0427. The summed E-state index contributed by atoms with van der Waals surface area (Å²) in [6.45, 7) is -1.49. The summed E-state index contributed by atoms with van der Waals surface area (Å²) >= 11 is 0. The van der Waals surface area contributed by atoms with E-state index < -0.39 is 24.3 Å². The monoisotopic (exact) mass is 305 g/mol. The van der Waals surface area contributed by atoms with Crippen molar-refractivity contribution in [2.24, 2.45) is 0 Å². The van der Waals surface area contributed by atoms with Gasteiger partial charge in [-0.25, -0.2) is 4.39 Å². The fourth-order valence-electron chi connectivity index (χ4n) is 2.10. The van der Waals surface area contributed by atoms with Crippen LogP contribution in [0.2, 0.25) is 0 Å². The Bertz CT molecular complexity index is 526. The Kier molecular flexibility index (Phi) is 4.51. The van der Waals surface area contributed by atoms with E-state index in [1.165, 1.54) is 19.2 Å². The van der Waals surface area contributed by atoms with Crippen LogP contribution in [0, 0.1) is 5.82 Å². The van der Waals surface area contributed by atoms with Crippen molar-refractivity contribution in [2.45, 2.75) is 25.1 Å². The Hall–Kier alpha value is -1.63. The molecule has 2 rings (SSSR count). The second-order valence-electron chi connectivity index (χ2n) is 5.02. The molecule has 0 radical (unpaired) electrons. The first-order valence-electron chi connectivity index (χ1n) is 6.47. The van der Waals surface area contributed by atoms with E-state index in [2.05, 4.69) is 0 Å². The molecule has 7 heteroatoms. The van der Waals surface area contributed by atoms with E-state index in [0.29, 0.717) is 12.8 Å². The molecule has 1 aromatic rings. The summed E-state index contributed by atoms with van der Waals surface area (Å²) in [6, 6.07) is 3.41. The Morgan fingerprint density at radius 3 is 2.52 bits per heavy atom. The number of nitrogens with zero attached hydrogens (tertiary/aromatic N) is 1. The minimum atomic E-state index is -4.35. The standard InChI is InChI=1S/C14H15F4NO2/c1-21-13-5-2-9(6-11(13)15)12(20)7-19(10-3-4-10)8-14(16,17)18/h2,5-6,10H,3-4,7-8H2,1H3. The molecule has 0 unspecified atom stereocenters. The molecule has 0 aliphatic heterocycles. The molecule has 3 nitrogen and oxygen atoms in total. The SMILES string of the molecule is COc1ccc(C(=O)CN(CC(F)(F)F)C2CC2)cc1F. The third kappa shape index (κ3) is 4.42. The van der Waals surface area contributed by atoms with Gasteiger partial charge < -0.3 is 4.74 Å². The highest BCUT2D eigenvalue weighted by molar-refractivity contribution is 5.97. The maximum Gasteiger partial charge on any atom is 0.401 e. The lowest BCUT2D eigenvalue weighted by atomic mass is 10.1. The number of rotatable bonds is 6. The predicted octanol–water partition coefficient (Wildman–Crippen LogP) is 3.04. The van der Waals surface area contributed by atoms with Crippen LogP contribution in [-0.2, 0) is 0 Å². The highest BCUT2D eigenvalue weighted by atomic mass is 19.4. The number of alkyl halides is 3. The molecule has 0 amide bonds. The van der Waals surface area contributed by atoms with Gasteiger partial charge in [0.1, 0.15) is 0 Å². The summed E-state index contributed by atoms with van der Waals surface area (Å²) in [4.78, 5) is 13.1. The van der Waals surface area contributed by atoms with Gasteiger partial charge in [-0.2, -0.15) is 13.2 Å². The molecular formula is C14H15F4NO2. The van der Waals surface area contributed by atoms with E-state index in [-0.39, 0.29) is 23.9 Å². The first-order chi connectivity index (χ1) is 9.80. The highest BCUT2D eigenvalue weighted by Gasteiger charge is 2.38. The van der Waals surface area contributed by atoms with Gasteiger partial charge in [0.05, 0.1) is 20.2 Å². The molecular weight excluding hydrogens is 290 g/mol. The number of hydrogen-bond acceptors (Lipinski definition) is 3. The zero-order valence-electron chi connectivity index (χ0n) is 11.4. The summed E-state index contributed by atoms with van der Waals surface area (Å²) in [5.74, 6) is -1.26. The molecule has 0 heterocycles. The lowest BCUT2D eigenvalue weighted by Crippen LogP contribution is -2.39. The Morgan fingerprint density at radius 2 is 2.05 bits per heavy atom. The zero-order valence-corrected chi connectivity index (χ0v) is 11.4. The van der Waals surface area contributed by atoms with E-state index in [1.54, 1.807) is 0 Å². The summed E-state index contributed by atoms with van der Waals surface area (Å²) in [6.07, 6.45) is -3.05. The topological polar surface area (TPSA) is 29.5 Å². The molecule has 0 saturated heterocycles. The molecule has 1 fully saturated rings. The molecule has 1 saturated carbocycles. The number of carbonyl (C=O) groups excluding carboxylic acids is 1. The molecule has 1 aliphatic carbocycles. The van der Waals surface area contributed by atoms with Crippen molar-refractivity contribution in [2.75, 3.05) is 20.2 Å². The number of hydrogen-bond donors (Lipinski definition) is 0. The predicted molar refractivity (Wildman–Crippen MR) is 67.9 cm³/mol. The van der Waals surface area contributed by atoms with Crippen LogP contribution in [0.15, 0.2) is 18.2 Å². The van der Waals surface area contributed by atoms with Crippen LogP contribution in [0.1, 0.15) is 23.2 Å². The fraction of sp³-hybridized carbons (Fsp3) is 0.500. The molecule has 0 bridgehead atoms. The van der Waals surface area contributed by atoms with Crippen LogP contribution in [-0.4, -0.2) is 43.1 Å². The van der Waals surface area contributed by atoms with Gasteiger partial charge in [0.25, 0.3) is 0 Å². The quantitative estimate of drug-likeness (QED) is 0.597. The second-order valence-corrected chi connectivity index (χ2v) is 5.02. The van der Waals surface area contributed by atoms with E-state index in [4.69, 9.17) is 4.74 Å². The Morgan fingerprint density at radius 1 is 1.38 bits per heavy atom. The third-order valence-corrected chi connectivity index (χ3v) is 3.27. The van der Waals surface area contributed by atoms with Crippen molar-refractivity contribution >= 4 is 5.78 Å². The summed E-state index contributed by atoms with van der Waals surface area (Å²) < 4.78 is 55.7. The van der Waals surface area contributed by atoms with Crippen LogP contribution in [0.4, 0.5) is 17.6 Å². The van der Waals surface area contributed by atoms with Gasteiger partial charge in [0.2, 0.25) is 0 Å². The first-order valence-corrected chi connectivity index (χ1v) is 6.47. The Labute approximate surface area is 119 Å². The number of Topliss-reactive ketones (excluding diaryl/α,β-unsaturated/α-hetero) is 1. The minimum Gasteiger partial charge on any atom is -0.494 e. The van der Waals surface area contributed by atoms with Crippen molar-refractivity contribution < 1.29 is 27.1 Å².